The van der Waals surface area contributed by atoms with Gasteiger partial charge in [-0.15, -0.1) is 0 Å². The molecular formula is C20H23F3N4O3. The van der Waals surface area contributed by atoms with Crippen molar-refractivity contribution in [1.82, 2.24) is 14.9 Å². The minimum absolute atomic E-state index is 0.00485. The molecule has 0 saturated carbocycles. The first kappa shape index (κ1) is 22.0. The van der Waals surface area contributed by atoms with E-state index in [4.69, 9.17) is 9.47 Å². The number of nitrogens with zero attached hydrogens (tertiary/aromatic N) is 4. The van der Waals surface area contributed by atoms with Gasteiger partial charge in [0.2, 0.25) is 11.9 Å². The number of rotatable bonds is 7. The van der Waals surface area contributed by atoms with Gasteiger partial charge in [0.1, 0.15) is 6.61 Å². The van der Waals surface area contributed by atoms with Crippen LogP contribution in [0.3, 0.4) is 0 Å². The first-order valence-corrected chi connectivity index (χ1v) is 9.48. The van der Waals surface area contributed by atoms with Crippen molar-refractivity contribution in [1.29, 1.82) is 0 Å². The van der Waals surface area contributed by atoms with Gasteiger partial charge in [-0.1, -0.05) is 12.1 Å². The smallest absolute Gasteiger partial charge is 0.382 e. The zero-order valence-electron chi connectivity index (χ0n) is 16.6. The number of ether oxygens (including phenoxy) is 2. The zero-order chi connectivity index (χ0) is 21.6. The van der Waals surface area contributed by atoms with Crippen molar-refractivity contribution in [2.45, 2.75) is 6.18 Å². The van der Waals surface area contributed by atoms with Crippen molar-refractivity contribution < 1.29 is 27.4 Å². The van der Waals surface area contributed by atoms with Gasteiger partial charge in [-0.25, -0.2) is 9.97 Å². The summed E-state index contributed by atoms with van der Waals surface area (Å²) in [5, 5.41) is 0. The Morgan fingerprint density at radius 1 is 1.13 bits per heavy atom. The molecule has 3 rings (SSSR count). The lowest BCUT2D eigenvalue weighted by Crippen LogP contribution is -2.50. The van der Waals surface area contributed by atoms with E-state index in [9.17, 15) is 18.0 Å². The standard InChI is InChI=1S/C20H23F3N4O3/c1-29-11-12-30-14-18(28)26-7-9-27(10-8-26)19-24-6-5-17(25-19)15-3-2-4-16(13-15)20(21,22)23/h2-6,13H,7-12,14H2,1H3. The molecule has 1 aromatic heterocycles. The minimum atomic E-state index is -4.41. The van der Waals surface area contributed by atoms with Crippen molar-refractivity contribution in [3.63, 3.8) is 0 Å². The molecule has 1 aliphatic rings. The van der Waals surface area contributed by atoms with Crippen LogP contribution in [-0.2, 0) is 20.4 Å². The molecule has 0 unspecified atom stereocenters. The Hall–Kier alpha value is -2.72. The van der Waals surface area contributed by atoms with Crippen LogP contribution < -0.4 is 4.90 Å². The van der Waals surface area contributed by atoms with Crippen LogP contribution in [0, 0.1) is 0 Å². The summed E-state index contributed by atoms with van der Waals surface area (Å²) in [6, 6.07) is 6.63. The molecule has 7 nitrogen and oxygen atoms in total. The maximum atomic E-state index is 13.0. The molecule has 0 spiro atoms. The largest absolute Gasteiger partial charge is 0.416 e. The van der Waals surface area contributed by atoms with Gasteiger partial charge >= 0.3 is 6.18 Å². The maximum absolute atomic E-state index is 13.0. The fraction of sp³-hybridized carbons (Fsp3) is 0.450. The molecule has 0 aliphatic carbocycles. The molecule has 1 amide bonds. The lowest BCUT2D eigenvalue weighted by Gasteiger charge is -2.34. The van der Waals surface area contributed by atoms with E-state index in [0.29, 0.717) is 56.6 Å². The quantitative estimate of drug-likeness (QED) is 0.637. The number of carbonyl (C=O) groups excluding carboxylic acids is 1. The van der Waals surface area contributed by atoms with Crippen LogP contribution in [0.1, 0.15) is 5.56 Å². The molecular weight excluding hydrogens is 401 g/mol. The number of carbonyl (C=O) groups is 1. The highest BCUT2D eigenvalue weighted by Gasteiger charge is 2.30. The molecule has 10 heteroatoms. The number of benzene rings is 1. The molecule has 1 aromatic carbocycles. The van der Waals surface area contributed by atoms with Crippen LogP contribution in [0.4, 0.5) is 19.1 Å². The summed E-state index contributed by atoms with van der Waals surface area (Å²) >= 11 is 0. The van der Waals surface area contributed by atoms with Crippen LogP contribution in [0.5, 0.6) is 0 Å². The molecule has 0 bridgehead atoms. The van der Waals surface area contributed by atoms with Gasteiger partial charge in [0.05, 0.1) is 24.5 Å². The van der Waals surface area contributed by atoms with Crippen molar-refractivity contribution in [2.24, 2.45) is 0 Å². The summed E-state index contributed by atoms with van der Waals surface area (Å²) in [7, 11) is 1.56. The van der Waals surface area contributed by atoms with E-state index in [1.54, 1.807) is 24.1 Å². The lowest BCUT2D eigenvalue weighted by atomic mass is 10.1. The number of amides is 1. The predicted molar refractivity (Wildman–Crippen MR) is 104 cm³/mol. The van der Waals surface area contributed by atoms with E-state index in [2.05, 4.69) is 9.97 Å². The van der Waals surface area contributed by atoms with E-state index >= 15 is 0 Å². The van der Waals surface area contributed by atoms with E-state index < -0.39 is 11.7 Å². The van der Waals surface area contributed by atoms with Gasteiger partial charge in [-0.05, 0) is 18.2 Å². The average molecular weight is 424 g/mol. The number of anilines is 1. The summed E-state index contributed by atoms with van der Waals surface area (Å²) in [6.07, 6.45) is -2.89. The van der Waals surface area contributed by atoms with Crippen molar-refractivity contribution >= 4 is 11.9 Å². The second kappa shape index (κ2) is 9.86. The summed E-state index contributed by atoms with van der Waals surface area (Å²) in [6.45, 7) is 2.82. The SMILES string of the molecule is COCCOCC(=O)N1CCN(c2nccc(-c3cccc(C(F)(F)F)c3)n2)CC1. The first-order chi connectivity index (χ1) is 14.4. The molecule has 2 aromatic rings. The zero-order valence-corrected chi connectivity index (χ0v) is 16.6. The van der Waals surface area contributed by atoms with Gasteiger partial charge in [-0.2, -0.15) is 13.2 Å². The molecule has 0 radical (unpaired) electrons. The predicted octanol–water partition coefficient (Wildman–Crippen LogP) is 2.47. The summed E-state index contributed by atoms with van der Waals surface area (Å²) in [5.74, 6) is 0.331. The first-order valence-electron chi connectivity index (χ1n) is 9.48. The molecule has 162 valence electrons. The van der Waals surface area contributed by atoms with Crippen LogP contribution in [-0.4, -0.2) is 73.9 Å². The Balaban J connectivity index is 1.62. The van der Waals surface area contributed by atoms with Crippen molar-refractivity contribution in [3.8, 4) is 11.3 Å². The number of hydrogen-bond donors (Lipinski definition) is 0. The van der Waals surface area contributed by atoms with Gasteiger partial charge in [0.25, 0.3) is 0 Å². The molecule has 30 heavy (non-hydrogen) atoms. The number of aromatic nitrogens is 2. The van der Waals surface area contributed by atoms with Crippen LogP contribution in [0.15, 0.2) is 36.5 Å². The fourth-order valence-electron chi connectivity index (χ4n) is 3.07. The van der Waals surface area contributed by atoms with Gasteiger partial charge in [0, 0.05) is 45.0 Å². The maximum Gasteiger partial charge on any atom is 0.416 e. The molecule has 0 N–H and O–H groups in total. The Kier molecular flexibility index (Phi) is 7.22. The monoisotopic (exact) mass is 424 g/mol. The van der Waals surface area contributed by atoms with Crippen molar-refractivity contribution in [2.75, 3.05) is 58.0 Å². The van der Waals surface area contributed by atoms with Crippen LogP contribution in [0.2, 0.25) is 0 Å². The van der Waals surface area contributed by atoms with E-state index in [-0.39, 0.29) is 12.5 Å². The van der Waals surface area contributed by atoms with Gasteiger partial charge in [0.15, 0.2) is 0 Å². The third-order valence-electron chi connectivity index (χ3n) is 4.70. The summed E-state index contributed by atoms with van der Waals surface area (Å²) in [4.78, 5) is 24.5. The van der Waals surface area contributed by atoms with E-state index in [1.165, 1.54) is 12.3 Å². The van der Waals surface area contributed by atoms with E-state index in [1.807, 2.05) is 4.90 Å². The molecule has 1 saturated heterocycles. The van der Waals surface area contributed by atoms with Crippen LogP contribution >= 0.6 is 0 Å². The number of alkyl halides is 3. The topological polar surface area (TPSA) is 67.8 Å². The Labute approximate surface area is 172 Å². The third-order valence-corrected chi connectivity index (χ3v) is 4.70. The van der Waals surface area contributed by atoms with Gasteiger partial charge < -0.3 is 19.3 Å². The number of halogens is 3. The average Bonchev–Trinajstić information content (AvgIpc) is 2.76. The normalized spacial score (nSPS) is 14.8. The van der Waals surface area contributed by atoms with Gasteiger partial charge in [-0.3, -0.25) is 4.79 Å². The number of methoxy groups -OCH3 is 1. The lowest BCUT2D eigenvalue weighted by molar-refractivity contribution is -0.138. The number of hydrogen-bond acceptors (Lipinski definition) is 6. The molecule has 2 heterocycles. The highest BCUT2D eigenvalue weighted by atomic mass is 19.4. The summed E-state index contributed by atoms with van der Waals surface area (Å²) in [5.41, 5.74) is 0.0617. The highest BCUT2D eigenvalue weighted by molar-refractivity contribution is 5.77. The molecule has 1 fully saturated rings. The highest BCUT2D eigenvalue weighted by Crippen LogP contribution is 2.32. The molecule has 0 atom stereocenters. The minimum Gasteiger partial charge on any atom is -0.382 e. The number of piperazine rings is 1. The second-order valence-electron chi connectivity index (χ2n) is 6.73. The molecule has 1 aliphatic heterocycles. The Morgan fingerprint density at radius 2 is 1.90 bits per heavy atom. The summed E-state index contributed by atoms with van der Waals surface area (Å²) < 4.78 is 49.1. The van der Waals surface area contributed by atoms with Crippen molar-refractivity contribution in [3.05, 3.63) is 42.1 Å². The third kappa shape index (κ3) is 5.67. The fourth-order valence-corrected chi connectivity index (χ4v) is 3.07. The Morgan fingerprint density at radius 3 is 2.60 bits per heavy atom. The van der Waals surface area contributed by atoms with E-state index in [0.717, 1.165) is 12.1 Å². The second-order valence-corrected chi connectivity index (χ2v) is 6.73. The Bertz CT molecular complexity index is 855. The van der Waals surface area contributed by atoms with Crippen LogP contribution in [0.25, 0.3) is 11.3 Å².